The summed E-state index contributed by atoms with van der Waals surface area (Å²) in [7, 11) is 0. The summed E-state index contributed by atoms with van der Waals surface area (Å²) >= 11 is 0. The van der Waals surface area contributed by atoms with E-state index in [1.165, 1.54) is 0 Å². The molecule has 0 spiro atoms. The van der Waals surface area contributed by atoms with Gasteiger partial charge in [-0.05, 0) is 31.4 Å². The average molecular weight is 199 g/mol. The Morgan fingerprint density at radius 1 is 1.07 bits per heavy atom. The Morgan fingerprint density at radius 2 is 1.87 bits per heavy atom. The number of fused-ring (bicyclic) bond motifs is 1. The summed E-state index contributed by atoms with van der Waals surface area (Å²) in [6.45, 7) is 0. The third-order valence-electron chi connectivity index (χ3n) is 3.26. The monoisotopic (exact) mass is 199 g/mol. The average Bonchev–Trinajstić information content (AvgIpc) is 2.25. The molecule has 1 fully saturated rings. The molecule has 0 amide bonds. The molecule has 1 aromatic heterocycles. The molecule has 1 N–H and O–H groups in total. The maximum atomic E-state index is 10.2. The highest BCUT2D eigenvalue weighted by molar-refractivity contribution is 5.78. The normalized spacial score (nSPS) is 18.7. The molecule has 1 aromatic carbocycles. The number of pyridine rings is 1. The molecule has 1 aliphatic carbocycles. The van der Waals surface area contributed by atoms with Gasteiger partial charge in [-0.1, -0.05) is 24.3 Å². The minimum atomic E-state index is -0.649. The molecule has 0 saturated heterocycles. The molecule has 2 aromatic rings. The Hall–Kier alpha value is -1.41. The number of rotatable bonds is 1. The van der Waals surface area contributed by atoms with E-state index < -0.39 is 5.60 Å². The lowest BCUT2D eigenvalue weighted by atomic mass is 9.77. The van der Waals surface area contributed by atoms with Crippen LogP contribution in [0.4, 0.5) is 0 Å². The van der Waals surface area contributed by atoms with Crippen molar-refractivity contribution in [1.82, 2.24) is 4.98 Å². The minimum absolute atomic E-state index is 0.649. The van der Waals surface area contributed by atoms with Crippen molar-refractivity contribution >= 4 is 10.9 Å². The van der Waals surface area contributed by atoms with E-state index >= 15 is 0 Å². The zero-order valence-electron chi connectivity index (χ0n) is 8.48. The number of para-hydroxylation sites is 1. The summed E-state index contributed by atoms with van der Waals surface area (Å²) in [6, 6.07) is 12.0. The van der Waals surface area contributed by atoms with E-state index in [4.69, 9.17) is 0 Å². The van der Waals surface area contributed by atoms with E-state index in [2.05, 4.69) is 4.98 Å². The van der Waals surface area contributed by atoms with Crippen LogP contribution in [-0.2, 0) is 5.60 Å². The number of aromatic nitrogens is 1. The highest BCUT2D eigenvalue weighted by Crippen LogP contribution is 2.40. The van der Waals surface area contributed by atoms with Gasteiger partial charge < -0.3 is 5.11 Å². The first-order valence-electron chi connectivity index (χ1n) is 5.37. The van der Waals surface area contributed by atoms with Crippen LogP contribution in [0.5, 0.6) is 0 Å². The van der Waals surface area contributed by atoms with Crippen LogP contribution in [0.3, 0.4) is 0 Å². The molecule has 1 aliphatic rings. The van der Waals surface area contributed by atoms with E-state index in [0.717, 1.165) is 35.9 Å². The smallest absolute Gasteiger partial charge is 0.107 e. The number of aliphatic hydroxyl groups is 1. The Bertz CT molecular complexity index is 503. The van der Waals surface area contributed by atoms with Gasteiger partial charge in [0, 0.05) is 5.39 Å². The summed E-state index contributed by atoms with van der Waals surface area (Å²) in [5.74, 6) is 0. The fourth-order valence-electron chi connectivity index (χ4n) is 2.09. The maximum absolute atomic E-state index is 10.2. The topological polar surface area (TPSA) is 33.1 Å². The first-order valence-corrected chi connectivity index (χ1v) is 5.37. The molecule has 0 radical (unpaired) electrons. The largest absolute Gasteiger partial charge is 0.384 e. The van der Waals surface area contributed by atoms with Gasteiger partial charge in [-0.3, -0.25) is 0 Å². The van der Waals surface area contributed by atoms with Crippen molar-refractivity contribution in [2.24, 2.45) is 0 Å². The Labute approximate surface area is 88.6 Å². The van der Waals surface area contributed by atoms with Gasteiger partial charge in [0.05, 0.1) is 11.2 Å². The predicted octanol–water partition coefficient (Wildman–Crippen LogP) is 2.61. The molecular weight excluding hydrogens is 186 g/mol. The zero-order valence-corrected chi connectivity index (χ0v) is 8.48. The molecule has 0 bridgehead atoms. The summed E-state index contributed by atoms with van der Waals surface area (Å²) in [6.07, 6.45) is 2.79. The molecule has 0 aliphatic heterocycles. The lowest BCUT2D eigenvalue weighted by Crippen LogP contribution is -2.34. The van der Waals surface area contributed by atoms with Gasteiger partial charge in [-0.25, -0.2) is 4.98 Å². The van der Waals surface area contributed by atoms with Gasteiger partial charge in [-0.2, -0.15) is 0 Å². The van der Waals surface area contributed by atoms with Gasteiger partial charge in [0.1, 0.15) is 5.60 Å². The van der Waals surface area contributed by atoms with Crippen molar-refractivity contribution in [1.29, 1.82) is 0 Å². The van der Waals surface area contributed by atoms with Gasteiger partial charge >= 0.3 is 0 Å². The standard InChI is InChI=1S/C13H13NO/c15-13(8-3-9-13)12-7-6-10-4-1-2-5-11(10)14-12/h1-2,4-7,15H,3,8-9H2. The van der Waals surface area contributed by atoms with Crippen molar-refractivity contribution in [3.63, 3.8) is 0 Å². The van der Waals surface area contributed by atoms with Crippen LogP contribution in [0, 0.1) is 0 Å². The second kappa shape index (κ2) is 3.04. The number of nitrogens with zero attached hydrogens (tertiary/aromatic N) is 1. The quantitative estimate of drug-likeness (QED) is 0.765. The van der Waals surface area contributed by atoms with Crippen molar-refractivity contribution in [2.45, 2.75) is 24.9 Å². The van der Waals surface area contributed by atoms with Gasteiger partial charge in [0.2, 0.25) is 0 Å². The molecule has 0 unspecified atom stereocenters. The molecule has 0 atom stereocenters. The fourth-order valence-corrected chi connectivity index (χ4v) is 2.09. The lowest BCUT2D eigenvalue weighted by molar-refractivity contribution is -0.0423. The Kier molecular flexibility index (Phi) is 1.80. The molecular formula is C13H13NO. The number of hydrogen-bond donors (Lipinski definition) is 1. The van der Waals surface area contributed by atoms with Crippen molar-refractivity contribution in [3.05, 3.63) is 42.1 Å². The van der Waals surface area contributed by atoms with Crippen LogP contribution in [0.15, 0.2) is 36.4 Å². The van der Waals surface area contributed by atoms with E-state index in [1.54, 1.807) is 0 Å². The molecule has 3 rings (SSSR count). The van der Waals surface area contributed by atoms with Crippen molar-refractivity contribution < 1.29 is 5.11 Å². The minimum Gasteiger partial charge on any atom is -0.384 e. The highest BCUT2D eigenvalue weighted by Gasteiger charge is 2.37. The molecule has 2 nitrogen and oxygen atoms in total. The van der Waals surface area contributed by atoms with Gasteiger partial charge in [-0.15, -0.1) is 0 Å². The van der Waals surface area contributed by atoms with Crippen LogP contribution in [-0.4, -0.2) is 10.1 Å². The van der Waals surface area contributed by atoms with Crippen LogP contribution in [0.25, 0.3) is 10.9 Å². The van der Waals surface area contributed by atoms with Gasteiger partial charge in [0.25, 0.3) is 0 Å². The first kappa shape index (κ1) is 8.86. The molecule has 1 heterocycles. The molecule has 15 heavy (non-hydrogen) atoms. The van der Waals surface area contributed by atoms with E-state index in [0.29, 0.717) is 0 Å². The van der Waals surface area contributed by atoms with E-state index in [9.17, 15) is 5.11 Å². The summed E-state index contributed by atoms with van der Waals surface area (Å²) in [5, 5.41) is 11.3. The second-order valence-electron chi connectivity index (χ2n) is 4.27. The maximum Gasteiger partial charge on any atom is 0.107 e. The van der Waals surface area contributed by atoms with Crippen molar-refractivity contribution in [2.75, 3.05) is 0 Å². The first-order chi connectivity index (χ1) is 7.28. The SMILES string of the molecule is OC1(c2ccc3ccccc3n2)CCC1. The second-order valence-corrected chi connectivity index (χ2v) is 4.27. The molecule has 2 heteroatoms. The van der Waals surface area contributed by atoms with E-state index in [-0.39, 0.29) is 0 Å². The predicted molar refractivity (Wildman–Crippen MR) is 59.5 cm³/mol. The summed E-state index contributed by atoms with van der Waals surface area (Å²) in [5.41, 5.74) is 1.15. The highest BCUT2D eigenvalue weighted by atomic mass is 16.3. The van der Waals surface area contributed by atoms with Crippen LogP contribution in [0.1, 0.15) is 25.0 Å². The lowest BCUT2D eigenvalue weighted by Gasteiger charge is -2.35. The zero-order chi connectivity index (χ0) is 10.3. The van der Waals surface area contributed by atoms with Crippen LogP contribution < -0.4 is 0 Å². The summed E-state index contributed by atoms with van der Waals surface area (Å²) < 4.78 is 0. The number of benzene rings is 1. The Morgan fingerprint density at radius 3 is 2.60 bits per heavy atom. The van der Waals surface area contributed by atoms with Crippen LogP contribution in [0.2, 0.25) is 0 Å². The Balaban J connectivity index is 2.14. The van der Waals surface area contributed by atoms with Crippen LogP contribution >= 0.6 is 0 Å². The third-order valence-corrected chi connectivity index (χ3v) is 3.26. The van der Waals surface area contributed by atoms with Crippen molar-refractivity contribution in [3.8, 4) is 0 Å². The molecule has 76 valence electrons. The number of hydrogen-bond acceptors (Lipinski definition) is 2. The third kappa shape index (κ3) is 1.33. The van der Waals surface area contributed by atoms with E-state index in [1.807, 2.05) is 36.4 Å². The van der Waals surface area contributed by atoms with Gasteiger partial charge in [0.15, 0.2) is 0 Å². The fraction of sp³-hybridized carbons (Fsp3) is 0.308. The molecule has 1 saturated carbocycles. The summed E-state index contributed by atoms with van der Waals surface area (Å²) in [4.78, 5) is 4.52.